The first-order chi connectivity index (χ1) is 8.96. The first-order valence-electron chi connectivity index (χ1n) is 6.61. The van der Waals surface area contributed by atoms with Gasteiger partial charge in [0.25, 0.3) is 0 Å². The SMILES string of the molecule is CCCC(CNC(=O)N(CC)CC(C)C#N)C(=O)O. The molecule has 0 bridgehead atoms. The number of urea groups is 1. The highest BCUT2D eigenvalue weighted by atomic mass is 16.4. The van der Waals surface area contributed by atoms with E-state index in [0.717, 1.165) is 6.42 Å². The van der Waals surface area contributed by atoms with Crippen LogP contribution in [0.5, 0.6) is 0 Å². The van der Waals surface area contributed by atoms with Crippen molar-refractivity contribution in [2.45, 2.75) is 33.6 Å². The minimum absolute atomic E-state index is 0.124. The topological polar surface area (TPSA) is 93.4 Å². The molecular weight excluding hydrogens is 246 g/mol. The van der Waals surface area contributed by atoms with Crippen LogP contribution in [0.3, 0.4) is 0 Å². The number of carboxylic acid groups (broad SMARTS) is 1. The fraction of sp³-hybridized carbons (Fsp3) is 0.769. The molecule has 0 aliphatic heterocycles. The van der Waals surface area contributed by atoms with Crippen LogP contribution < -0.4 is 5.32 Å². The second kappa shape index (κ2) is 9.20. The number of amides is 2. The maximum Gasteiger partial charge on any atom is 0.317 e. The van der Waals surface area contributed by atoms with Gasteiger partial charge in [0.1, 0.15) is 0 Å². The lowest BCUT2D eigenvalue weighted by Gasteiger charge is -2.23. The van der Waals surface area contributed by atoms with Crippen molar-refractivity contribution in [2.75, 3.05) is 19.6 Å². The van der Waals surface area contributed by atoms with Crippen LogP contribution in [-0.2, 0) is 4.79 Å². The Morgan fingerprint density at radius 1 is 1.42 bits per heavy atom. The molecule has 0 spiro atoms. The van der Waals surface area contributed by atoms with Crippen LogP contribution in [0.1, 0.15) is 33.6 Å². The molecule has 0 aliphatic rings. The molecule has 2 amide bonds. The highest BCUT2D eigenvalue weighted by molar-refractivity contribution is 5.76. The van der Waals surface area contributed by atoms with E-state index in [1.54, 1.807) is 6.92 Å². The Balaban J connectivity index is 4.33. The number of carbonyl (C=O) groups excluding carboxylic acids is 1. The van der Waals surface area contributed by atoms with Gasteiger partial charge in [0.2, 0.25) is 0 Å². The van der Waals surface area contributed by atoms with Crippen LogP contribution in [0, 0.1) is 23.2 Å². The molecule has 108 valence electrons. The van der Waals surface area contributed by atoms with Gasteiger partial charge in [-0.2, -0.15) is 5.26 Å². The standard InChI is InChI=1S/C13H23N3O3/c1-4-6-11(12(17)18)8-15-13(19)16(5-2)9-10(3)7-14/h10-11H,4-6,8-9H2,1-3H3,(H,15,19)(H,17,18). The lowest BCUT2D eigenvalue weighted by atomic mass is 10.0. The van der Waals surface area contributed by atoms with Crippen LogP contribution in [0.2, 0.25) is 0 Å². The third-order valence-electron chi connectivity index (χ3n) is 2.87. The van der Waals surface area contributed by atoms with E-state index in [9.17, 15) is 9.59 Å². The van der Waals surface area contributed by atoms with Crippen LogP contribution in [0.4, 0.5) is 4.79 Å². The third kappa shape index (κ3) is 6.65. The van der Waals surface area contributed by atoms with Gasteiger partial charge in [-0.1, -0.05) is 13.3 Å². The minimum atomic E-state index is -0.893. The molecular formula is C13H23N3O3. The Kier molecular flexibility index (Phi) is 8.34. The molecule has 0 saturated carbocycles. The number of hydrogen-bond donors (Lipinski definition) is 2. The lowest BCUT2D eigenvalue weighted by molar-refractivity contribution is -0.141. The van der Waals surface area contributed by atoms with Crippen molar-refractivity contribution < 1.29 is 14.7 Å². The summed E-state index contributed by atoms with van der Waals surface area (Å²) >= 11 is 0. The first-order valence-corrected chi connectivity index (χ1v) is 6.61. The van der Waals surface area contributed by atoms with Gasteiger partial charge in [-0.05, 0) is 20.3 Å². The van der Waals surface area contributed by atoms with Crippen LogP contribution in [0.15, 0.2) is 0 Å². The van der Waals surface area contributed by atoms with E-state index in [0.29, 0.717) is 19.5 Å². The number of aliphatic carboxylic acids is 1. The molecule has 2 N–H and O–H groups in total. The van der Waals surface area contributed by atoms with E-state index in [2.05, 4.69) is 11.4 Å². The van der Waals surface area contributed by atoms with E-state index in [-0.39, 0.29) is 18.5 Å². The maximum absolute atomic E-state index is 11.9. The van der Waals surface area contributed by atoms with Crippen molar-refractivity contribution in [1.29, 1.82) is 5.26 Å². The Labute approximate surface area is 114 Å². The van der Waals surface area contributed by atoms with Gasteiger partial charge >= 0.3 is 12.0 Å². The number of nitriles is 1. The van der Waals surface area contributed by atoms with Crippen molar-refractivity contribution in [3.05, 3.63) is 0 Å². The summed E-state index contributed by atoms with van der Waals surface area (Å²) in [5.74, 6) is -1.69. The molecule has 6 heteroatoms. The summed E-state index contributed by atoms with van der Waals surface area (Å²) in [6.45, 7) is 6.44. The summed E-state index contributed by atoms with van der Waals surface area (Å²) in [6.07, 6.45) is 1.30. The Hall–Kier alpha value is -1.77. The molecule has 0 fully saturated rings. The molecule has 0 heterocycles. The van der Waals surface area contributed by atoms with Crippen molar-refractivity contribution in [2.24, 2.45) is 11.8 Å². The second-order valence-corrected chi connectivity index (χ2v) is 4.58. The van der Waals surface area contributed by atoms with Gasteiger partial charge in [0, 0.05) is 19.6 Å². The highest BCUT2D eigenvalue weighted by Gasteiger charge is 2.19. The molecule has 0 radical (unpaired) electrons. The van der Waals surface area contributed by atoms with E-state index in [1.165, 1.54) is 4.90 Å². The minimum Gasteiger partial charge on any atom is -0.481 e. The average Bonchev–Trinajstić information content (AvgIpc) is 2.39. The number of carboxylic acids is 1. The van der Waals surface area contributed by atoms with Crippen molar-refractivity contribution in [3.8, 4) is 6.07 Å². The van der Waals surface area contributed by atoms with Crippen LogP contribution in [-0.4, -0.2) is 41.6 Å². The number of nitrogens with one attached hydrogen (secondary N) is 1. The number of rotatable bonds is 8. The summed E-state index contributed by atoms with van der Waals surface area (Å²) in [5.41, 5.74) is 0. The zero-order valence-electron chi connectivity index (χ0n) is 11.8. The zero-order chi connectivity index (χ0) is 14.8. The van der Waals surface area contributed by atoms with E-state index < -0.39 is 11.9 Å². The van der Waals surface area contributed by atoms with Crippen molar-refractivity contribution in [3.63, 3.8) is 0 Å². The summed E-state index contributed by atoms with van der Waals surface area (Å²) in [4.78, 5) is 24.3. The smallest absolute Gasteiger partial charge is 0.317 e. The number of nitrogens with zero attached hydrogens (tertiary/aromatic N) is 2. The summed E-state index contributed by atoms with van der Waals surface area (Å²) in [5, 5.41) is 20.4. The molecule has 2 unspecified atom stereocenters. The van der Waals surface area contributed by atoms with Gasteiger partial charge < -0.3 is 15.3 Å². The Morgan fingerprint density at radius 2 is 2.05 bits per heavy atom. The van der Waals surface area contributed by atoms with Crippen molar-refractivity contribution in [1.82, 2.24) is 10.2 Å². The highest BCUT2D eigenvalue weighted by Crippen LogP contribution is 2.06. The van der Waals surface area contributed by atoms with Gasteiger partial charge in [-0.3, -0.25) is 4.79 Å². The molecule has 0 aromatic heterocycles. The lowest BCUT2D eigenvalue weighted by Crippen LogP contribution is -2.44. The normalized spacial score (nSPS) is 13.2. The third-order valence-corrected chi connectivity index (χ3v) is 2.87. The number of carbonyl (C=O) groups is 2. The maximum atomic E-state index is 11.9. The fourth-order valence-corrected chi connectivity index (χ4v) is 1.71. The van der Waals surface area contributed by atoms with Gasteiger partial charge in [0.05, 0.1) is 17.9 Å². The number of hydrogen-bond acceptors (Lipinski definition) is 3. The molecule has 0 aliphatic carbocycles. The first kappa shape index (κ1) is 17.2. The molecule has 2 atom stereocenters. The van der Waals surface area contributed by atoms with Gasteiger partial charge in [0.15, 0.2) is 0 Å². The van der Waals surface area contributed by atoms with E-state index in [1.807, 2.05) is 13.8 Å². The van der Waals surface area contributed by atoms with Crippen molar-refractivity contribution >= 4 is 12.0 Å². The molecule has 0 rings (SSSR count). The predicted octanol–water partition coefficient (Wildman–Crippen LogP) is 1.68. The molecule has 0 saturated heterocycles. The van der Waals surface area contributed by atoms with E-state index >= 15 is 0 Å². The monoisotopic (exact) mass is 269 g/mol. The molecule has 6 nitrogen and oxygen atoms in total. The van der Waals surface area contributed by atoms with Gasteiger partial charge in [-0.25, -0.2) is 4.79 Å². The Bertz CT molecular complexity index is 339. The van der Waals surface area contributed by atoms with Crippen LogP contribution >= 0.6 is 0 Å². The molecule has 19 heavy (non-hydrogen) atoms. The fourth-order valence-electron chi connectivity index (χ4n) is 1.71. The summed E-state index contributed by atoms with van der Waals surface area (Å²) < 4.78 is 0. The Morgan fingerprint density at radius 3 is 2.47 bits per heavy atom. The molecule has 0 aromatic carbocycles. The average molecular weight is 269 g/mol. The largest absolute Gasteiger partial charge is 0.481 e. The summed E-state index contributed by atoms with van der Waals surface area (Å²) in [6, 6.07) is 1.76. The predicted molar refractivity (Wildman–Crippen MR) is 71.5 cm³/mol. The second-order valence-electron chi connectivity index (χ2n) is 4.58. The zero-order valence-corrected chi connectivity index (χ0v) is 11.8. The van der Waals surface area contributed by atoms with Gasteiger partial charge in [-0.15, -0.1) is 0 Å². The summed E-state index contributed by atoms with van der Waals surface area (Å²) in [7, 11) is 0. The van der Waals surface area contributed by atoms with E-state index in [4.69, 9.17) is 10.4 Å². The molecule has 0 aromatic rings. The quantitative estimate of drug-likeness (QED) is 0.701. The van der Waals surface area contributed by atoms with Crippen LogP contribution in [0.25, 0.3) is 0 Å².